The molecule has 0 atom stereocenters. The largest absolute Gasteiger partial charge is 0.493 e. The second-order valence-corrected chi connectivity index (χ2v) is 6.59. The molecular formula is C18H18Br2O6. The number of carbonyl (C=O) groups excluding carboxylic acids is 1. The van der Waals surface area contributed by atoms with E-state index in [1.807, 2.05) is 0 Å². The molecule has 0 aliphatic heterocycles. The van der Waals surface area contributed by atoms with Gasteiger partial charge in [0.15, 0.2) is 28.8 Å². The van der Waals surface area contributed by atoms with Gasteiger partial charge in [0.1, 0.15) is 0 Å². The first-order valence-corrected chi connectivity index (χ1v) is 8.97. The summed E-state index contributed by atoms with van der Waals surface area (Å²) >= 11 is 6.88. The van der Waals surface area contributed by atoms with Crippen LogP contribution in [0.4, 0.5) is 0 Å². The van der Waals surface area contributed by atoms with E-state index >= 15 is 0 Å². The van der Waals surface area contributed by atoms with Crippen molar-refractivity contribution in [2.75, 3.05) is 35.5 Å². The Morgan fingerprint density at radius 3 is 1.65 bits per heavy atom. The first kappa shape index (κ1) is 20.4. The number of ether oxygens (including phenoxy) is 5. The van der Waals surface area contributed by atoms with Crippen LogP contribution in [0.15, 0.2) is 27.1 Å². The van der Waals surface area contributed by atoms with Gasteiger partial charge < -0.3 is 23.7 Å². The second kappa shape index (κ2) is 8.64. The fourth-order valence-corrected chi connectivity index (χ4v) is 4.20. The molecule has 2 aromatic rings. The highest BCUT2D eigenvalue weighted by Crippen LogP contribution is 2.50. The van der Waals surface area contributed by atoms with E-state index in [4.69, 9.17) is 23.7 Å². The first-order chi connectivity index (χ1) is 12.4. The van der Waals surface area contributed by atoms with Crippen LogP contribution >= 0.6 is 31.9 Å². The molecule has 2 aromatic carbocycles. The lowest BCUT2D eigenvalue weighted by Crippen LogP contribution is -2.08. The van der Waals surface area contributed by atoms with E-state index in [1.54, 1.807) is 18.2 Å². The number of methoxy groups -OCH3 is 5. The molecule has 0 aliphatic carbocycles. The molecule has 0 fully saturated rings. The van der Waals surface area contributed by atoms with Crippen molar-refractivity contribution in [1.82, 2.24) is 0 Å². The Labute approximate surface area is 168 Å². The highest BCUT2D eigenvalue weighted by Gasteiger charge is 2.28. The van der Waals surface area contributed by atoms with Crippen LogP contribution in [0.1, 0.15) is 15.9 Å². The molecule has 0 amide bonds. The van der Waals surface area contributed by atoms with Crippen molar-refractivity contribution >= 4 is 37.6 Å². The number of hydrogen-bond acceptors (Lipinski definition) is 6. The fraction of sp³-hybridized carbons (Fsp3) is 0.278. The molecule has 0 saturated heterocycles. The summed E-state index contributed by atoms with van der Waals surface area (Å²) in [7, 11) is 7.51. The van der Waals surface area contributed by atoms with E-state index in [0.717, 1.165) is 0 Å². The summed E-state index contributed by atoms with van der Waals surface area (Å²) in [6.07, 6.45) is 0. The zero-order valence-electron chi connectivity index (χ0n) is 14.9. The molecule has 26 heavy (non-hydrogen) atoms. The smallest absolute Gasteiger partial charge is 0.205 e. The lowest BCUT2D eigenvalue weighted by atomic mass is 10.0. The average Bonchev–Trinajstić information content (AvgIpc) is 2.66. The number of ketones is 1. The minimum Gasteiger partial charge on any atom is -0.493 e. The summed E-state index contributed by atoms with van der Waals surface area (Å²) in [6.45, 7) is 0. The molecule has 8 heteroatoms. The molecular weight excluding hydrogens is 472 g/mol. The number of rotatable bonds is 7. The standard InChI is InChI=1S/C18H18Br2O6/c1-22-10-7-6-9(8-11(10)23-2)15(21)12-13(19)16(24-3)18(26-5)17(25-4)14(12)20/h6-8H,1-5H3. The maximum atomic E-state index is 13.2. The number of benzene rings is 2. The van der Waals surface area contributed by atoms with Gasteiger partial charge in [0, 0.05) is 5.56 Å². The third-order valence-corrected chi connectivity index (χ3v) is 5.25. The molecule has 0 aliphatic rings. The Kier molecular flexibility index (Phi) is 6.77. The van der Waals surface area contributed by atoms with Gasteiger partial charge in [-0.05, 0) is 50.1 Å². The Bertz CT molecular complexity index is 804. The van der Waals surface area contributed by atoms with E-state index in [-0.39, 0.29) is 5.78 Å². The van der Waals surface area contributed by atoms with Crippen molar-refractivity contribution in [2.45, 2.75) is 0 Å². The normalized spacial score (nSPS) is 10.3. The summed E-state index contributed by atoms with van der Waals surface area (Å²) in [5, 5.41) is 0. The van der Waals surface area contributed by atoms with Gasteiger partial charge in [-0.25, -0.2) is 0 Å². The van der Waals surface area contributed by atoms with Crippen LogP contribution in [-0.2, 0) is 0 Å². The second-order valence-electron chi connectivity index (χ2n) is 5.00. The van der Waals surface area contributed by atoms with Gasteiger partial charge in [0.2, 0.25) is 5.75 Å². The fourth-order valence-electron chi connectivity index (χ4n) is 2.50. The summed E-state index contributed by atoms with van der Waals surface area (Å²) in [5.74, 6) is 1.82. The van der Waals surface area contributed by atoms with Gasteiger partial charge in [-0.3, -0.25) is 4.79 Å². The third kappa shape index (κ3) is 3.48. The zero-order chi connectivity index (χ0) is 19.4. The van der Waals surface area contributed by atoms with Crippen molar-refractivity contribution in [3.63, 3.8) is 0 Å². The molecule has 0 N–H and O–H groups in total. The van der Waals surface area contributed by atoms with Crippen LogP contribution in [0.3, 0.4) is 0 Å². The molecule has 0 heterocycles. The molecule has 0 bridgehead atoms. The van der Waals surface area contributed by atoms with Crippen LogP contribution in [0.2, 0.25) is 0 Å². The Balaban J connectivity index is 2.70. The Morgan fingerprint density at radius 1 is 0.731 bits per heavy atom. The van der Waals surface area contributed by atoms with E-state index in [1.165, 1.54) is 35.5 Å². The predicted octanol–water partition coefficient (Wildman–Crippen LogP) is 4.49. The molecule has 140 valence electrons. The van der Waals surface area contributed by atoms with E-state index in [0.29, 0.717) is 48.8 Å². The maximum absolute atomic E-state index is 13.2. The SMILES string of the molecule is COc1ccc(C(=O)c2c(Br)c(OC)c(OC)c(OC)c2Br)cc1OC. The van der Waals surface area contributed by atoms with Gasteiger partial charge in [-0.1, -0.05) is 0 Å². The van der Waals surface area contributed by atoms with Crippen molar-refractivity contribution in [3.8, 4) is 28.7 Å². The van der Waals surface area contributed by atoms with Crippen LogP contribution < -0.4 is 23.7 Å². The maximum Gasteiger partial charge on any atom is 0.205 e. The molecule has 0 unspecified atom stereocenters. The monoisotopic (exact) mass is 488 g/mol. The van der Waals surface area contributed by atoms with Gasteiger partial charge in [-0.15, -0.1) is 0 Å². The van der Waals surface area contributed by atoms with Crippen molar-refractivity contribution < 1.29 is 28.5 Å². The van der Waals surface area contributed by atoms with Gasteiger partial charge in [-0.2, -0.15) is 0 Å². The molecule has 0 spiro atoms. The number of hydrogen-bond donors (Lipinski definition) is 0. The van der Waals surface area contributed by atoms with Crippen molar-refractivity contribution in [1.29, 1.82) is 0 Å². The topological polar surface area (TPSA) is 63.2 Å². The van der Waals surface area contributed by atoms with Gasteiger partial charge in [0.25, 0.3) is 0 Å². The highest BCUT2D eigenvalue weighted by molar-refractivity contribution is 9.11. The van der Waals surface area contributed by atoms with Crippen molar-refractivity contribution in [3.05, 3.63) is 38.3 Å². The summed E-state index contributed by atoms with van der Waals surface area (Å²) < 4.78 is 27.6. The van der Waals surface area contributed by atoms with Crippen LogP contribution in [-0.4, -0.2) is 41.3 Å². The molecule has 0 aromatic heterocycles. The lowest BCUT2D eigenvalue weighted by Gasteiger charge is -2.19. The minimum absolute atomic E-state index is 0.260. The third-order valence-electron chi connectivity index (χ3n) is 3.74. The number of carbonyl (C=O) groups is 1. The quantitative estimate of drug-likeness (QED) is 0.534. The number of halogens is 2. The zero-order valence-corrected chi connectivity index (χ0v) is 18.1. The van der Waals surface area contributed by atoms with Crippen LogP contribution in [0, 0.1) is 0 Å². The first-order valence-electron chi connectivity index (χ1n) is 7.38. The predicted molar refractivity (Wildman–Crippen MR) is 104 cm³/mol. The van der Waals surface area contributed by atoms with Crippen LogP contribution in [0.25, 0.3) is 0 Å². The minimum atomic E-state index is -0.260. The molecule has 0 saturated carbocycles. The summed E-state index contributed by atoms with van der Waals surface area (Å²) in [5.41, 5.74) is 0.755. The molecule has 2 rings (SSSR count). The average molecular weight is 490 g/mol. The van der Waals surface area contributed by atoms with E-state index < -0.39 is 0 Å². The Morgan fingerprint density at radius 2 is 1.23 bits per heavy atom. The molecule has 6 nitrogen and oxygen atoms in total. The van der Waals surface area contributed by atoms with E-state index in [2.05, 4.69) is 31.9 Å². The van der Waals surface area contributed by atoms with Gasteiger partial charge >= 0.3 is 0 Å². The van der Waals surface area contributed by atoms with Crippen molar-refractivity contribution in [2.24, 2.45) is 0 Å². The highest BCUT2D eigenvalue weighted by atomic mass is 79.9. The summed E-state index contributed by atoms with van der Waals surface area (Å²) in [6, 6.07) is 4.95. The summed E-state index contributed by atoms with van der Waals surface area (Å²) in [4.78, 5) is 13.2. The Hall–Kier alpha value is -1.93. The van der Waals surface area contributed by atoms with E-state index in [9.17, 15) is 4.79 Å². The lowest BCUT2D eigenvalue weighted by molar-refractivity contribution is 0.103. The van der Waals surface area contributed by atoms with Gasteiger partial charge in [0.05, 0.1) is 50.1 Å². The van der Waals surface area contributed by atoms with Crippen LogP contribution in [0.5, 0.6) is 28.7 Å². The molecule has 0 radical (unpaired) electrons.